The van der Waals surface area contributed by atoms with Crippen LogP contribution in [0.25, 0.3) is 0 Å². The first-order valence-corrected chi connectivity index (χ1v) is 5.93. The van der Waals surface area contributed by atoms with Crippen molar-refractivity contribution in [2.75, 3.05) is 13.1 Å². The monoisotopic (exact) mass is 196 g/mol. The maximum atomic E-state index is 7.90. The molecule has 0 unspecified atom stereocenters. The Bertz CT molecular complexity index is 190. The maximum absolute atomic E-state index is 7.90. The van der Waals surface area contributed by atoms with Crippen LogP contribution in [0.1, 0.15) is 52.9 Å². The van der Waals surface area contributed by atoms with E-state index in [-0.39, 0.29) is 0 Å². The summed E-state index contributed by atoms with van der Waals surface area (Å²) in [5, 5.41) is 7.90. The van der Waals surface area contributed by atoms with Crippen molar-refractivity contribution in [1.82, 2.24) is 4.90 Å². The Morgan fingerprint density at radius 1 is 1.29 bits per heavy atom. The van der Waals surface area contributed by atoms with E-state index in [0.717, 1.165) is 31.8 Å². The van der Waals surface area contributed by atoms with Crippen molar-refractivity contribution in [2.24, 2.45) is 5.41 Å². The number of hydrogen-bond acceptors (Lipinski definition) is 1. The van der Waals surface area contributed by atoms with E-state index in [2.05, 4.69) is 25.7 Å². The van der Waals surface area contributed by atoms with Gasteiger partial charge in [0.1, 0.15) is 0 Å². The number of amidine groups is 1. The first kappa shape index (κ1) is 11.5. The van der Waals surface area contributed by atoms with Crippen molar-refractivity contribution in [3.05, 3.63) is 0 Å². The molecule has 2 nitrogen and oxygen atoms in total. The average Bonchev–Trinajstić information content (AvgIpc) is 2.19. The average molecular weight is 196 g/mol. The Morgan fingerprint density at radius 3 is 2.29 bits per heavy atom. The van der Waals surface area contributed by atoms with Gasteiger partial charge >= 0.3 is 0 Å². The quantitative estimate of drug-likeness (QED) is 0.544. The highest BCUT2D eigenvalue weighted by Gasteiger charge is 2.28. The second-order valence-corrected chi connectivity index (χ2v) is 4.85. The van der Waals surface area contributed by atoms with Gasteiger partial charge < -0.3 is 4.90 Å². The van der Waals surface area contributed by atoms with Gasteiger partial charge in [0, 0.05) is 19.5 Å². The molecule has 1 aliphatic rings. The Hall–Kier alpha value is -0.530. The van der Waals surface area contributed by atoms with Gasteiger partial charge in [-0.3, -0.25) is 5.41 Å². The van der Waals surface area contributed by atoms with Crippen molar-refractivity contribution in [3.63, 3.8) is 0 Å². The van der Waals surface area contributed by atoms with Gasteiger partial charge in [-0.15, -0.1) is 0 Å². The summed E-state index contributed by atoms with van der Waals surface area (Å²) < 4.78 is 0. The third kappa shape index (κ3) is 2.73. The molecule has 1 saturated heterocycles. The summed E-state index contributed by atoms with van der Waals surface area (Å²) in [7, 11) is 0. The van der Waals surface area contributed by atoms with Gasteiger partial charge in [0.2, 0.25) is 0 Å². The molecule has 0 radical (unpaired) electrons. The zero-order chi connectivity index (χ0) is 10.6. The molecule has 0 spiro atoms. The van der Waals surface area contributed by atoms with Crippen molar-refractivity contribution in [3.8, 4) is 0 Å². The predicted molar refractivity (Wildman–Crippen MR) is 61.8 cm³/mol. The Labute approximate surface area is 88.2 Å². The Balaban J connectivity index is 2.39. The molecule has 0 amide bonds. The van der Waals surface area contributed by atoms with Gasteiger partial charge in [-0.1, -0.05) is 27.2 Å². The number of hydrogen-bond donors (Lipinski definition) is 1. The van der Waals surface area contributed by atoms with Crippen LogP contribution in [0, 0.1) is 10.8 Å². The number of likely N-dealkylation sites (tertiary alicyclic amines) is 1. The summed E-state index contributed by atoms with van der Waals surface area (Å²) in [5.74, 6) is 0.852. The molecule has 1 N–H and O–H groups in total. The Morgan fingerprint density at radius 2 is 1.86 bits per heavy atom. The van der Waals surface area contributed by atoms with E-state index in [1.165, 1.54) is 19.3 Å². The van der Waals surface area contributed by atoms with E-state index in [9.17, 15) is 0 Å². The van der Waals surface area contributed by atoms with Crippen LogP contribution in [0.4, 0.5) is 0 Å². The molecule has 0 aromatic heterocycles. The van der Waals surface area contributed by atoms with Gasteiger partial charge in [0.15, 0.2) is 0 Å². The van der Waals surface area contributed by atoms with Crippen molar-refractivity contribution in [2.45, 2.75) is 52.9 Å². The molecule has 1 rings (SSSR count). The summed E-state index contributed by atoms with van der Waals surface area (Å²) in [6, 6.07) is 0. The minimum Gasteiger partial charge on any atom is -0.361 e. The van der Waals surface area contributed by atoms with Gasteiger partial charge in [0.25, 0.3) is 0 Å². The first-order valence-electron chi connectivity index (χ1n) is 5.93. The molecule has 0 aromatic rings. The van der Waals surface area contributed by atoms with Gasteiger partial charge in [-0.05, 0) is 24.7 Å². The largest absolute Gasteiger partial charge is 0.361 e. The standard InChI is InChI=1S/C12H24N2/c1-4-6-11(13)14-9-7-12(3,5-2)8-10-14/h13H,4-10H2,1-3H3. The fraction of sp³-hybridized carbons (Fsp3) is 0.917. The molecule has 0 atom stereocenters. The number of piperidine rings is 1. The molecule has 2 heteroatoms. The van der Waals surface area contributed by atoms with Crippen LogP contribution in [-0.4, -0.2) is 23.8 Å². The number of nitrogens with zero attached hydrogens (tertiary/aromatic N) is 1. The first-order chi connectivity index (χ1) is 6.61. The second-order valence-electron chi connectivity index (χ2n) is 4.85. The summed E-state index contributed by atoms with van der Waals surface area (Å²) in [4.78, 5) is 2.26. The van der Waals surface area contributed by atoms with Gasteiger partial charge in [0.05, 0.1) is 5.84 Å². The molecular weight excluding hydrogens is 172 g/mol. The molecular formula is C12H24N2. The molecule has 0 aromatic carbocycles. The minimum atomic E-state index is 0.545. The minimum absolute atomic E-state index is 0.545. The topological polar surface area (TPSA) is 27.1 Å². The smallest absolute Gasteiger partial charge is 0.0957 e. The van der Waals surface area contributed by atoms with Crippen LogP contribution in [0.5, 0.6) is 0 Å². The highest BCUT2D eigenvalue weighted by Crippen LogP contribution is 2.34. The van der Waals surface area contributed by atoms with E-state index in [4.69, 9.17) is 5.41 Å². The lowest BCUT2D eigenvalue weighted by Crippen LogP contribution is -2.41. The van der Waals surface area contributed by atoms with Crippen LogP contribution < -0.4 is 0 Å². The lowest BCUT2D eigenvalue weighted by Gasteiger charge is -2.40. The third-order valence-electron chi connectivity index (χ3n) is 3.69. The SMILES string of the molecule is CCCC(=N)N1CCC(C)(CC)CC1. The Kier molecular flexibility index (Phi) is 3.97. The number of rotatable bonds is 3. The third-order valence-corrected chi connectivity index (χ3v) is 3.69. The highest BCUT2D eigenvalue weighted by molar-refractivity contribution is 5.79. The van der Waals surface area contributed by atoms with Crippen LogP contribution in [0.3, 0.4) is 0 Å². The zero-order valence-electron chi connectivity index (χ0n) is 9.90. The molecule has 14 heavy (non-hydrogen) atoms. The van der Waals surface area contributed by atoms with Crippen LogP contribution in [0.15, 0.2) is 0 Å². The van der Waals surface area contributed by atoms with Crippen molar-refractivity contribution < 1.29 is 0 Å². The zero-order valence-corrected chi connectivity index (χ0v) is 9.90. The van der Waals surface area contributed by atoms with E-state index in [1.54, 1.807) is 0 Å². The van der Waals surface area contributed by atoms with Crippen LogP contribution in [0.2, 0.25) is 0 Å². The predicted octanol–water partition coefficient (Wildman–Crippen LogP) is 3.28. The van der Waals surface area contributed by atoms with Crippen LogP contribution in [-0.2, 0) is 0 Å². The lowest BCUT2D eigenvalue weighted by molar-refractivity contribution is 0.160. The van der Waals surface area contributed by atoms with E-state index >= 15 is 0 Å². The van der Waals surface area contributed by atoms with E-state index in [0.29, 0.717) is 5.41 Å². The van der Waals surface area contributed by atoms with Gasteiger partial charge in [-0.25, -0.2) is 0 Å². The van der Waals surface area contributed by atoms with Crippen LogP contribution >= 0.6 is 0 Å². The molecule has 0 aliphatic carbocycles. The van der Waals surface area contributed by atoms with E-state index < -0.39 is 0 Å². The molecule has 1 aliphatic heterocycles. The summed E-state index contributed by atoms with van der Waals surface area (Å²) in [6.45, 7) is 9.02. The fourth-order valence-electron chi connectivity index (χ4n) is 2.06. The molecule has 1 heterocycles. The summed E-state index contributed by atoms with van der Waals surface area (Å²) in [6.07, 6.45) is 5.84. The maximum Gasteiger partial charge on any atom is 0.0957 e. The lowest BCUT2D eigenvalue weighted by atomic mass is 9.78. The number of nitrogens with one attached hydrogen (secondary N) is 1. The van der Waals surface area contributed by atoms with Crippen molar-refractivity contribution >= 4 is 5.84 Å². The fourth-order valence-corrected chi connectivity index (χ4v) is 2.06. The second kappa shape index (κ2) is 4.81. The van der Waals surface area contributed by atoms with Crippen molar-refractivity contribution in [1.29, 1.82) is 5.41 Å². The summed E-state index contributed by atoms with van der Waals surface area (Å²) in [5.41, 5.74) is 0.545. The molecule has 0 saturated carbocycles. The normalized spacial score (nSPS) is 20.9. The van der Waals surface area contributed by atoms with Gasteiger partial charge in [-0.2, -0.15) is 0 Å². The highest BCUT2D eigenvalue weighted by atomic mass is 15.2. The van der Waals surface area contributed by atoms with E-state index in [1.807, 2.05) is 0 Å². The molecule has 82 valence electrons. The molecule has 0 bridgehead atoms. The summed E-state index contributed by atoms with van der Waals surface area (Å²) >= 11 is 0. The molecule has 1 fully saturated rings.